The summed E-state index contributed by atoms with van der Waals surface area (Å²) >= 11 is 0. The van der Waals surface area contributed by atoms with Crippen LogP contribution in [0.4, 0.5) is 0 Å². The van der Waals surface area contributed by atoms with Crippen LogP contribution in [-0.2, 0) is 12.8 Å². The van der Waals surface area contributed by atoms with Gasteiger partial charge in [-0.25, -0.2) is 0 Å². The van der Waals surface area contributed by atoms with Crippen LogP contribution >= 0.6 is 0 Å². The normalized spacial score (nSPS) is 12.0. The third-order valence-corrected chi connectivity index (χ3v) is 3.27. The molecule has 2 aromatic rings. The zero-order valence-corrected chi connectivity index (χ0v) is 12.7. The molecular formula is C18H23NO2. The van der Waals surface area contributed by atoms with Gasteiger partial charge in [0.05, 0.1) is 13.7 Å². The number of methoxy groups -OCH3 is 1. The van der Waals surface area contributed by atoms with Gasteiger partial charge in [-0.2, -0.15) is 0 Å². The van der Waals surface area contributed by atoms with Gasteiger partial charge in [-0.3, -0.25) is 0 Å². The van der Waals surface area contributed by atoms with E-state index in [9.17, 15) is 0 Å². The lowest BCUT2D eigenvalue weighted by atomic mass is 10.1. The zero-order chi connectivity index (χ0) is 15.1. The molecule has 3 nitrogen and oxygen atoms in total. The van der Waals surface area contributed by atoms with Crippen molar-refractivity contribution in [3.63, 3.8) is 0 Å². The van der Waals surface area contributed by atoms with Crippen molar-refractivity contribution >= 4 is 0 Å². The molecule has 0 radical (unpaired) electrons. The number of ether oxygens (including phenoxy) is 2. The Morgan fingerprint density at radius 1 is 1.00 bits per heavy atom. The van der Waals surface area contributed by atoms with Gasteiger partial charge in [0.25, 0.3) is 0 Å². The van der Waals surface area contributed by atoms with Crippen LogP contribution in [0.15, 0.2) is 48.5 Å². The van der Waals surface area contributed by atoms with Crippen LogP contribution in [0.1, 0.15) is 18.1 Å². The maximum atomic E-state index is 5.82. The largest absolute Gasteiger partial charge is 0.497 e. The van der Waals surface area contributed by atoms with Gasteiger partial charge in [-0.1, -0.05) is 24.3 Å². The first-order chi connectivity index (χ1) is 10.2. The quantitative estimate of drug-likeness (QED) is 0.849. The maximum Gasteiger partial charge on any atom is 0.119 e. The van der Waals surface area contributed by atoms with Crippen LogP contribution in [0.5, 0.6) is 11.5 Å². The molecule has 0 saturated heterocycles. The minimum Gasteiger partial charge on any atom is -0.497 e. The van der Waals surface area contributed by atoms with Crippen molar-refractivity contribution in [2.24, 2.45) is 5.73 Å². The van der Waals surface area contributed by atoms with Crippen LogP contribution in [-0.4, -0.2) is 19.8 Å². The molecule has 112 valence electrons. The first kappa shape index (κ1) is 15.4. The van der Waals surface area contributed by atoms with Gasteiger partial charge in [-0.15, -0.1) is 0 Å². The van der Waals surface area contributed by atoms with Crippen LogP contribution in [0.25, 0.3) is 0 Å². The monoisotopic (exact) mass is 285 g/mol. The number of benzene rings is 2. The predicted octanol–water partition coefficient (Wildman–Crippen LogP) is 3.21. The molecule has 1 unspecified atom stereocenters. The minimum absolute atomic E-state index is 0.166. The fourth-order valence-electron chi connectivity index (χ4n) is 2.21. The van der Waals surface area contributed by atoms with Gasteiger partial charge in [0.1, 0.15) is 11.5 Å². The van der Waals surface area contributed by atoms with E-state index < -0.39 is 0 Å². The van der Waals surface area contributed by atoms with E-state index in [1.165, 1.54) is 11.1 Å². The van der Waals surface area contributed by atoms with Gasteiger partial charge >= 0.3 is 0 Å². The molecule has 0 fully saturated rings. The molecule has 0 aliphatic heterocycles. The van der Waals surface area contributed by atoms with Gasteiger partial charge in [0.2, 0.25) is 0 Å². The molecule has 3 heteroatoms. The number of rotatable bonds is 7. The summed E-state index contributed by atoms with van der Waals surface area (Å²) in [6.07, 6.45) is 1.75. The molecule has 0 aliphatic carbocycles. The fourth-order valence-corrected chi connectivity index (χ4v) is 2.21. The Balaban J connectivity index is 1.85. The van der Waals surface area contributed by atoms with Gasteiger partial charge in [0.15, 0.2) is 0 Å². The summed E-state index contributed by atoms with van der Waals surface area (Å²) in [4.78, 5) is 0. The van der Waals surface area contributed by atoms with E-state index in [0.717, 1.165) is 24.3 Å². The lowest BCUT2D eigenvalue weighted by Crippen LogP contribution is -2.17. The van der Waals surface area contributed by atoms with E-state index >= 15 is 0 Å². The van der Waals surface area contributed by atoms with Gasteiger partial charge in [-0.05, 0) is 48.7 Å². The lowest BCUT2D eigenvalue weighted by Gasteiger charge is -2.10. The molecule has 0 bridgehead atoms. The molecule has 2 rings (SSSR count). The highest BCUT2D eigenvalue weighted by molar-refractivity contribution is 5.30. The van der Waals surface area contributed by atoms with Crippen LogP contribution < -0.4 is 15.2 Å². The summed E-state index contributed by atoms with van der Waals surface area (Å²) in [6.45, 7) is 2.67. The third-order valence-electron chi connectivity index (χ3n) is 3.27. The molecule has 0 spiro atoms. The van der Waals surface area contributed by atoms with Crippen LogP contribution in [0.3, 0.4) is 0 Å². The van der Waals surface area contributed by atoms with Crippen molar-refractivity contribution < 1.29 is 9.47 Å². The lowest BCUT2D eigenvalue weighted by molar-refractivity contribution is 0.321. The molecule has 2 N–H and O–H groups in total. The predicted molar refractivity (Wildman–Crippen MR) is 86.0 cm³/mol. The third kappa shape index (κ3) is 5.12. The number of hydrogen-bond donors (Lipinski definition) is 1. The Bertz CT molecular complexity index is 549. The van der Waals surface area contributed by atoms with Crippen molar-refractivity contribution in [3.05, 3.63) is 59.7 Å². The number of hydrogen-bond acceptors (Lipinski definition) is 3. The van der Waals surface area contributed by atoms with Crippen LogP contribution in [0.2, 0.25) is 0 Å². The first-order valence-electron chi connectivity index (χ1n) is 7.27. The molecule has 0 heterocycles. The van der Waals surface area contributed by atoms with Crippen molar-refractivity contribution in [2.45, 2.75) is 25.8 Å². The van der Waals surface area contributed by atoms with E-state index in [1.807, 2.05) is 31.2 Å². The van der Waals surface area contributed by atoms with Crippen LogP contribution in [0, 0.1) is 0 Å². The van der Waals surface area contributed by atoms with Crippen molar-refractivity contribution in [1.82, 2.24) is 0 Å². The van der Waals surface area contributed by atoms with Crippen molar-refractivity contribution in [1.29, 1.82) is 0 Å². The van der Waals surface area contributed by atoms with Crippen molar-refractivity contribution in [3.8, 4) is 11.5 Å². The molecule has 2 aromatic carbocycles. The summed E-state index contributed by atoms with van der Waals surface area (Å²) in [5.41, 5.74) is 8.28. The second-order valence-electron chi connectivity index (χ2n) is 5.28. The molecule has 1 atom stereocenters. The molecule has 21 heavy (non-hydrogen) atoms. The highest BCUT2D eigenvalue weighted by Crippen LogP contribution is 2.16. The molecule has 0 aliphatic rings. The highest BCUT2D eigenvalue weighted by Gasteiger charge is 2.01. The average molecular weight is 285 g/mol. The Morgan fingerprint density at radius 3 is 2.43 bits per heavy atom. The Labute approximate surface area is 126 Å². The minimum atomic E-state index is 0.166. The fraction of sp³-hybridized carbons (Fsp3) is 0.333. The first-order valence-corrected chi connectivity index (χ1v) is 7.27. The smallest absolute Gasteiger partial charge is 0.119 e. The summed E-state index contributed by atoms with van der Waals surface area (Å²) in [7, 11) is 1.67. The van der Waals surface area contributed by atoms with E-state index in [2.05, 4.69) is 24.3 Å². The van der Waals surface area contributed by atoms with E-state index in [0.29, 0.717) is 6.61 Å². The molecule has 0 aromatic heterocycles. The second-order valence-corrected chi connectivity index (χ2v) is 5.28. The Morgan fingerprint density at radius 2 is 1.76 bits per heavy atom. The second kappa shape index (κ2) is 7.70. The number of nitrogens with two attached hydrogens (primary N) is 1. The zero-order valence-electron chi connectivity index (χ0n) is 12.7. The van der Waals surface area contributed by atoms with E-state index in [4.69, 9.17) is 15.2 Å². The van der Waals surface area contributed by atoms with E-state index in [1.54, 1.807) is 7.11 Å². The average Bonchev–Trinajstić information content (AvgIpc) is 2.48. The maximum absolute atomic E-state index is 5.82. The summed E-state index contributed by atoms with van der Waals surface area (Å²) in [5.74, 6) is 1.78. The van der Waals surface area contributed by atoms with Gasteiger partial charge in [0, 0.05) is 12.5 Å². The Kier molecular flexibility index (Phi) is 5.64. The highest BCUT2D eigenvalue weighted by atomic mass is 16.5. The topological polar surface area (TPSA) is 44.5 Å². The Hall–Kier alpha value is -2.00. The molecule has 0 amide bonds. The SMILES string of the molecule is COc1ccc(CCOc2cccc(CC(C)N)c2)cc1. The molecule has 0 saturated carbocycles. The van der Waals surface area contributed by atoms with E-state index in [-0.39, 0.29) is 6.04 Å². The summed E-state index contributed by atoms with van der Waals surface area (Å²) in [5, 5.41) is 0. The summed E-state index contributed by atoms with van der Waals surface area (Å²) in [6, 6.07) is 16.4. The molecular weight excluding hydrogens is 262 g/mol. The summed E-state index contributed by atoms with van der Waals surface area (Å²) < 4.78 is 11.0. The standard InChI is InChI=1S/C18H23NO2/c1-14(19)12-16-4-3-5-18(13-16)21-11-10-15-6-8-17(20-2)9-7-15/h3-9,13-14H,10-12,19H2,1-2H3. The van der Waals surface area contributed by atoms with Crippen molar-refractivity contribution in [2.75, 3.05) is 13.7 Å². The van der Waals surface area contributed by atoms with Gasteiger partial charge < -0.3 is 15.2 Å².